The molecule has 78 valence electrons. The van der Waals surface area contributed by atoms with Crippen LogP contribution in [0.3, 0.4) is 0 Å². The minimum atomic E-state index is 0.539. The Morgan fingerprint density at radius 2 is 2.29 bits per heavy atom. The number of furan rings is 1. The van der Waals surface area contributed by atoms with Gasteiger partial charge < -0.3 is 14.5 Å². The van der Waals surface area contributed by atoms with E-state index in [1.807, 2.05) is 25.3 Å². The van der Waals surface area contributed by atoms with Crippen molar-refractivity contribution in [3.63, 3.8) is 0 Å². The highest BCUT2D eigenvalue weighted by molar-refractivity contribution is 5.06. The number of nitrogens with one attached hydrogen (secondary N) is 1. The molecule has 0 saturated carbocycles. The average molecular weight is 195 g/mol. The largest absolute Gasteiger partial charge is 0.462 e. The Balaban J connectivity index is 2.25. The van der Waals surface area contributed by atoms with E-state index >= 15 is 0 Å². The fraction of sp³-hybridized carbons (Fsp3) is 0.455. The third-order valence-electron chi connectivity index (χ3n) is 1.78. The standard InChI is InChI=1S/C11H17NO2/c1-3-4-7-13-9-11-6-5-10(14-11)8-12-2/h3,5-6,12H,1,4,7-9H2,2H3. The highest BCUT2D eigenvalue weighted by atomic mass is 16.5. The Morgan fingerprint density at radius 3 is 3.00 bits per heavy atom. The Kier molecular flexibility index (Phi) is 5.04. The SMILES string of the molecule is C=CCCOCc1ccc(CNC)o1. The molecule has 1 heterocycles. The van der Waals surface area contributed by atoms with Crippen molar-refractivity contribution in [2.24, 2.45) is 0 Å². The van der Waals surface area contributed by atoms with Gasteiger partial charge in [0.2, 0.25) is 0 Å². The smallest absolute Gasteiger partial charge is 0.129 e. The monoisotopic (exact) mass is 195 g/mol. The maximum Gasteiger partial charge on any atom is 0.129 e. The van der Waals surface area contributed by atoms with Gasteiger partial charge in [-0.15, -0.1) is 6.58 Å². The molecule has 0 spiro atoms. The summed E-state index contributed by atoms with van der Waals surface area (Å²) in [4.78, 5) is 0. The molecule has 0 saturated heterocycles. The molecule has 0 unspecified atom stereocenters. The zero-order chi connectivity index (χ0) is 10.2. The molecule has 1 rings (SSSR count). The Labute approximate surface area is 84.8 Å². The number of ether oxygens (including phenoxy) is 1. The first-order chi connectivity index (χ1) is 6.86. The summed E-state index contributed by atoms with van der Waals surface area (Å²) in [7, 11) is 1.89. The summed E-state index contributed by atoms with van der Waals surface area (Å²) in [6, 6.07) is 3.91. The van der Waals surface area contributed by atoms with Gasteiger partial charge in [-0.1, -0.05) is 6.08 Å². The van der Waals surface area contributed by atoms with Crippen molar-refractivity contribution >= 4 is 0 Å². The normalized spacial score (nSPS) is 10.4. The molecule has 0 aliphatic rings. The van der Waals surface area contributed by atoms with Gasteiger partial charge in [0.05, 0.1) is 13.2 Å². The van der Waals surface area contributed by atoms with E-state index in [9.17, 15) is 0 Å². The number of hydrogen-bond acceptors (Lipinski definition) is 3. The summed E-state index contributed by atoms with van der Waals surface area (Å²) in [5.41, 5.74) is 0. The topological polar surface area (TPSA) is 34.4 Å². The third kappa shape index (κ3) is 3.77. The van der Waals surface area contributed by atoms with Gasteiger partial charge in [-0.2, -0.15) is 0 Å². The molecule has 1 N–H and O–H groups in total. The Bertz CT molecular complexity index is 268. The highest BCUT2D eigenvalue weighted by Crippen LogP contribution is 2.08. The van der Waals surface area contributed by atoms with E-state index in [0.717, 1.165) is 24.5 Å². The maximum atomic E-state index is 5.49. The third-order valence-corrected chi connectivity index (χ3v) is 1.78. The molecule has 0 aliphatic carbocycles. The highest BCUT2D eigenvalue weighted by Gasteiger charge is 2.00. The first-order valence-corrected chi connectivity index (χ1v) is 4.77. The van der Waals surface area contributed by atoms with Crippen LogP contribution < -0.4 is 5.32 Å². The van der Waals surface area contributed by atoms with Gasteiger partial charge >= 0.3 is 0 Å². The van der Waals surface area contributed by atoms with Crippen molar-refractivity contribution in [1.82, 2.24) is 5.32 Å². The van der Waals surface area contributed by atoms with Crippen LogP contribution in [0.2, 0.25) is 0 Å². The van der Waals surface area contributed by atoms with E-state index in [4.69, 9.17) is 9.15 Å². The van der Waals surface area contributed by atoms with Gasteiger partial charge in [-0.3, -0.25) is 0 Å². The van der Waals surface area contributed by atoms with E-state index in [2.05, 4.69) is 11.9 Å². The zero-order valence-electron chi connectivity index (χ0n) is 8.58. The molecule has 1 aromatic heterocycles. The van der Waals surface area contributed by atoms with E-state index in [0.29, 0.717) is 13.2 Å². The van der Waals surface area contributed by atoms with Crippen molar-refractivity contribution in [1.29, 1.82) is 0 Å². The summed E-state index contributed by atoms with van der Waals surface area (Å²) < 4.78 is 10.9. The van der Waals surface area contributed by atoms with Crippen LogP contribution in [-0.4, -0.2) is 13.7 Å². The van der Waals surface area contributed by atoms with Crippen LogP contribution in [0.4, 0.5) is 0 Å². The minimum absolute atomic E-state index is 0.539. The molecule has 0 radical (unpaired) electrons. The van der Waals surface area contributed by atoms with E-state index in [1.54, 1.807) is 0 Å². The lowest BCUT2D eigenvalue weighted by Crippen LogP contribution is -2.03. The quantitative estimate of drug-likeness (QED) is 0.534. The van der Waals surface area contributed by atoms with Crippen LogP contribution >= 0.6 is 0 Å². The lowest BCUT2D eigenvalue weighted by atomic mass is 10.4. The van der Waals surface area contributed by atoms with Crippen molar-refractivity contribution in [3.8, 4) is 0 Å². The molecule has 3 heteroatoms. The number of rotatable bonds is 7. The predicted octanol–water partition coefficient (Wildman–Crippen LogP) is 2.09. The molecular formula is C11H17NO2. The van der Waals surface area contributed by atoms with Crippen LogP contribution in [0.1, 0.15) is 17.9 Å². The number of hydrogen-bond donors (Lipinski definition) is 1. The Morgan fingerprint density at radius 1 is 1.50 bits per heavy atom. The first kappa shape index (κ1) is 11.0. The summed E-state index contributed by atoms with van der Waals surface area (Å²) in [6.45, 7) is 5.62. The second kappa shape index (κ2) is 6.40. The van der Waals surface area contributed by atoms with Crippen molar-refractivity contribution < 1.29 is 9.15 Å². The summed E-state index contributed by atoms with van der Waals surface area (Å²) >= 11 is 0. The fourth-order valence-corrected chi connectivity index (χ4v) is 1.11. The van der Waals surface area contributed by atoms with Gasteiger partial charge in [0.15, 0.2) is 0 Å². The molecule has 0 fully saturated rings. The van der Waals surface area contributed by atoms with Crippen LogP contribution in [0.15, 0.2) is 29.2 Å². The zero-order valence-corrected chi connectivity index (χ0v) is 8.58. The summed E-state index contributed by atoms with van der Waals surface area (Å²) in [5.74, 6) is 1.81. The van der Waals surface area contributed by atoms with E-state index in [-0.39, 0.29) is 0 Å². The van der Waals surface area contributed by atoms with Crippen LogP contribution in [0.5, 0.6) is 0 Å². The van der Waals surface area contributed by atoms with Gasteiger partial charge in [-0.05, 0) is 25.6 Å². The van der Waals surface area contributed by atoms with Crippen molar-refractivity contribution in [2.75, 3.05) is 13.7 Å². The van der Waals surface area contributed by atoms with Gasteiger partial charge in [0.25, 0.3) is 0 Å². The second-order valence-electron chi connectivity index (χ2n) is 3.03. The molecule has 0 amide bonds. The second-order valence-corrected chi connectivity index (χ2v) is 3.03. The van der Waals surface area contributed by atoms with Gasteiger partial charge in [0, 0.05) is 0 Å². The van der Waals surface area contributed by atoms with Crippen LogP contribution in [-0.2, 0) is 17.9 Å². The first-order valence-electron chi connectivity index (χ1n) is 4.77. The molecule has 1 aromatic rings. The molecular weight excluding hydrogens is 178 g/mol. The van der Waals surface area contributed by atoms with E-state index < -0.39 is 0 Å². The minimum Gasteiger partial charge on any atom is -0.462 e. The van der Waals surface area contributed by atoms with Crippen molar-refractivity contribution in [2.45, 2.75) is 19.6 Å². The fourth-order valence-electron chi connectivity index (χ4n) is 1.11. The average Bonchev–Trinajstić information content (AvgIpc) is 2.61. The predicted molar refractivity (Wildman–Crippen MR) is 55.9 cm³/mol. The van der Waals surface area contributed by atoms with Crippen LogP contribution in [0.25, 0.3) is 0 Å². The molecule has 0 bridgehead atoms. The van der Waals surface area contributed by atoms with Crippen LogP contribution in [0, 0.1) is 0 Å². The van der Waals surface area contributed by atoms with Crippen molar-refractivity contribution in [3.05, 3.63) is 36.3 Å². The van der Waals surface area contributed by atoms with Gasteiger partial charge in [0.1, 0.15) is 18.1 Å². The lowest BCUT2D eigenvalue weighted by Gasteiger charge is -1.99. The molecule has 14 heavy (non-hydrogen) atoms. The maximum absolute atomic E-state index is 5.49. The van der Waals surface area contributed by atoms with Gasteiger partial charge in [-0.25, -0.2) is 0 Å². The molecule has 3 nitrogen and oxygen atoms in total. The Hall–Kier alpha value is -1.06. The summed E-state index contributed by atoms with van der Waals surface area (Å²) in [5, 5.41) is 3.03. The lowest BCUT2D eigenvalue weighted by molar-refractivity contribution is 0.109. The molecule has 0 atom stereocenters. The molecule has 0 aliphatic heterocycles. The van der Waals surface area contributed by atoms with E-state index in [1.165, 1.54) is 0 Å². The summed E-state index contributed by atoms with van der Waals surface area (Å²) in [6.07, 6.45) is 2.72. The molecule has 0 aromatic carbocycles.